The molecule has 2 N–H and O–H groups in total. The molecule has 0 spiro atoms. The summed E-state index contributed by atoms with van der Waals surface area (Å²) in [6.07, 6.45) is 0. The van der Waals surface area contributed by atoms with Crippen LogP contribution in [0.25, 0.3) is 5.57 Å². The molecule has 0 aliphatic carbocycles. The first kappa shape index (κ1) is 19.7. The molecule has 6 heteroatoms. The highest BCUT2D eigenvalue weighted by atomic mass is 35.5. The average molecular weight is 420 g/mol. The number of aliphatic hydroxyl groups is 1. The van der Waals surface area contributed by atoms with Crippen molar-refractivity contribution in [3.63, 3.8) is 0 Å². The molecule has 4 rings (SSSR count). The lowest BCUT2D eigenvalue weighted by Crippen LogP contribution is -2.29. The van der Waals surface area contributed by atoms with Gasteiger partial charge in [-0.25, -0.2) is 4.79 Å². The lowest BCUT2D eigenvalue weighted by atomic mass is 9.93. The van der Waals surface area contributed by atoms with Crippen molar-refractivity contribution in [1.82, 2.24) is 4.90 Å². The Balaban J connectivity index is 1.79. The van der Waals surface area contributed by atoms with Crippen LogP contribution in [0.1, 0.15) is 33.1 Å². The zero-order valence-corrected chi connectivity index (χ0v) is 16.6. The predicted octanol–water partition coefficient (Wildman–Crippen LogP) is 5.09. The number of aliphatic hydroxyl groups excluding tert-OH is 1. The van der Waals surface area contributed by atoms with E-state index in [1.54, 1.807) is 29.2 Å². The van der Waals surface area contributed by atoms with Crippen molar-refractivity contribution in [1.29, 1.82) is 0 Å². The summed E-state index contributed by atoms with van der Waals surface area (Å²) < 4.78 is 0. The number of carbonyl (C=O) groups is 2. The first-order valence-corrected chi connectivity index (χ1v) is 9.70. The first-order valence-electron chi connectivity index (χ1n) is 9.33. The number of amides is 1. The van der Waals surface area contributed by atoms with Crippen molar-refractivity contribution >= 4 is 29.1 Å². The summed E-state index contributed by atoms with van der Waals surface area (Å²) in [5.74, 6) is -1.80. The summed E-state index contributed by atoms with van der Waals surface area (Å²) in [4.78, 5) is 25.8. The fourth-order valence-electron chi connectivity index (χ4n) is 3.67. The molecule has 0 bridgehead atoms. The van der Waals surface area contributed by atoms with Crippen molar-refractivity contribution in [2.75, 3.05) is 0 Å². The Morgan fingerprint density at radius 2 is 1.57 bits per heavy atom. The van der Waals surface area contributed by atoms with Gasteiger partial charge < -0.3 is 15.1 Å². The number of hydrogen-bond acceptors (Lipinski definition) is 3. The van der Waals surface area contributed by atoms with Crippen LogP contribution in [0.5, 0.6) is 0 Å². The number of carboxylic acid groups (broad SMARTS) is 1. The van der Waals surface area contributed by atoms with Crippen molar-refractivity contribution < 1.29 is 19.8 Å². The third kappa shape index (κ3) is 3.67. The van der Waals surface area contributed by atoms with Gasteiger partial charge in [-0.15, -0.1) is 0 Å². The first-order chi connectivity index (χ1) is 14.5. The van der Waals surface area contributed by atoms with Crippen LogP contribution in [-0.4, -0.2) is 27.0 Å². The Morgan fingerprint density at radius 1 is 0.933 bits per heavy atom. The minimum atomic E-state index is -1.02. The number of aromatic carboxylic acids is 1. The van der Waals surface area contributed by atoms with Crippen LogP contribution in [0.15, 0.2) is 84.6 Å². The van der Waals surface area contributed by atoms with Gasteiger partial charge in [0, 0.05) is 17.1 Å². The number of hydrogen-bond donors (Lipinski definition) is 2. The lowest BCUT2D eigenvalue weighted by molar-refractivity contribution is -0.130. The van der Waals surface area contributed by atoms with Gasteiger partial charge >= 0.3 is 5.97 Å². The topological polar surface area (TPSA) is 77.8 Å². The maximum absolute atomic E-state index is 13.0. The van der Waals surface area contributed by atoms with Crippen LogP contribution in [0, 0.1) is 0 Å². The van der Waals surface area contributed by atoms with E-state index in [1.807, 2.05) is 42.5 Å². The van der Waals surface area contributed by atoms with Gasteiger partial charge in [-0.3, -0.25) is 4.79 Å². The molecule has 1 aliphatic heterocycles. The van der Waals surface area contributed by atoms with Gasteiger partial charge in [0.1, 0.15) is 0 Å². The summed E-state index contributed by atoms with van der Waals surface area (Å²) >= 11 is 5.97. The molecule has 1 aliphatic rings. The van der Waals surface area contributed by atoms with Crippen LogP contribution in [0.2, 0.25) is 5.02 Å². The second kappa shape index (κ2) is 8.05. The largest absolute Gasteiger partial charge is 0.503 e. The molecular formula is C24H18ClNO4. The van der Waals surface area contributed by atoms with E-state index in [2.05, 4.69) is 0 Å². The van der Waals surface area contributed by atoms with E-state index in [1.165, 1.54) is 12.1 Å². The monoisotopic (exact) mass is 419 g/mol. The maximum atomic E-state index is 13.0. The molecule has 0 saturated carbocycles. The lowest BCUT2D eigenvalue weighted by Gasteiger charge is -2.27. The predicted molar refractivity (Wildman–Crippen MR) is 114 cm³/mol. The number of carboxylic acids is 1. The number of halogens is 1. The van der Waals surface area contributed by atoms with E-state index in [0.29, 0.717) is 16.2 Å². The molecule has 0 radical (unpaired) electrons. The second-order valence-electron chi connectivity index (χ2n) is 7.02. The Kier molecular flexibility index (Phi) is 5.29. The normalized spacial score (nSPS) is 16.2. The molecule has 0 fully saturated rings. The maximum Gasteiger partial charge on any atom is 0.335 e. The van der Waals surface area contributed by atoms with Crippen LogP contribution < -0.4 is 0 Å². The van der Waals surface area contributed by atoms with Gasteiger partial charge in [0.15, 0.2) is 5.76 Å². The molecule has 30 heavy (non-hydrogen) atoms. The van der Waals surface area contributed by atoms with Crippen molar-refractivity contribution in [3.05, 3.63) is 112 Å². The van der Waals surface area contributed by atoms with Crippen molar-refractivity contribution in [2.24, 2.45) is 0 Å². The van der Waals surface area contributed by atoms with Gasteiger partial charge in [-0.2, -0.15) is 0 Å². The zero-order valence-electron chi connectivity index (χ0n) is 15.8. The van der Waals surface area contributed by atoms with E-state index in [0.717, 1.165) is 11.1 Å². The molecule has 5 nitrogen and oxygen atoms in total. The Hall–Kier alpha value is -3.57. The summed E-state index contributed by atoms with van der Waals surface area (Å²) in [6, 6.07) is 22.2. The van der Waals surface area contributed by atoms with Crippen LogP contribution in [-0.2, 0) is 11.3 Å². The zero-order chi connectivity index (χ0) is 21.3. The summed E-state index contributed by atoms with van der Waals surface area (Å²) in [5, 5.41) is 20.5. The molecular weight excluding hydrogens is 402 g/mol. The number of nitrogens with zero attached hydrogens (tertiary/aromatic N) is 1. The van der Waals surface area contributed by atoms with Gasteiger partial charge in [-0.05, 0) is 41.0 Å². The molecule has 3 aromatic carbocycles. The van der Waals surface area contributed by atoms with Crippen molar-refractivity contribution in [3.8, 4) is 0 Å². The summed E-state index contributed by atoms with van der Waals surface area (Å²) in [6.45, 7) is 0.266. The molecule has 3 aromatic rings. The third-order valence-electron chi connectivity index (χ3n) is 5.13. The van der Waals surface area contributed by atoms with E-state index < -0.39 is 17.9 Å². The van der Waals surface area contributed by atoms with E-state index in [9.17, 15) is 19.8 Å². The average Bonchev–Trinajstić information content (AvgIpc) is 3.01. The molecule has 0 aromatic heterocycles. The fraction of sp³-hybridized carbons (Fsp3) is 0.0833. The van der Waals surface area contributed by atoms with Crippen LogP contribution in [0.4, 0.5) is 0 Å². The fourth-order valence-corrected chi connectivity index (χ4v) is 3.80. The highest BCUT2D eigenvalue weighted by Crippen LogP contribution is 2.43. The highest BCUT2D eigenvalue weighted by molar-refractivity contribution is 6.30. The Morgan fingerprint density at radius 3 is 2.17 bits per heavy atom. The Bertz CT molecular complexity index is 1120. The highest BCUT2D eigenvalue weighted by Gasteiger charge is 2.40. The molecule has 1 heterocycles. The smallest absolute Gasteiger partial charge is 0.335 e. The minimum Gasteiger partial charge on any atom is -0.503 e. The minimum absolute atomic E-state index is 0.154. The molecule has 150 valence electrons. The van der Waals surface area contributed by atoms with Gasteiger partial charge in [0.05, 0.1) is 11.6 Å². The van der Waals surface area contributed by atoms with Gasteiger partial charge in [0.2, 0.25) is 0 Å². The summed E-state index contributed by atoms with van der Waals surface area (Å²) in [5.41, 5.74) is 2.96. The molecule has 1 amide bonds. The van der Waals surface area contributed by atoms with E-state index in [-0.39, 0.29) is 17.9 Å². The van der Waals surface area contributed by atoms with E-state index >= 15 is 0 Å². The quantitative estimate of drug-likeness (QED) is 0.603. The summed E-state index contributed by atoms with van der Waals surface area (Å²) in [7, 11) is 0. The SMILES string of the molecule is O=C(O)c1ccc([C@@H]2C(c3ccccc3)=C(O)C(=O)N2Cc2ccc(Cl)cc2)cc1. The standard InChI is InChI=1S/C24H18ClNO4/c25-19-12-6-15(7-13-19)14-26-21(17-8-10-18(11-9-17)24(29)30)20(22(27)23(26)28)16-4-2-1-3-5-16/h1-13,21,27H,14H2,(H,29,30)/t21-/m1/s1. The number of benzene rings is 3. The number of carbonyl (C=O) groups excluding carboxylic acids is 1. The molecule has 0 saturated heterocycles. The van der Waals surface area contributed by atoms with E-state index in [4.69, 9.17) is 11.6 Å². The second-order valence-corrected chi connectivity index (χ2v) is 7.45. The number of rotatable bonds is 5. The molecule has 1 atom stereocenters. The van der Waals surface area contributed by atoms with Gasteiger partial charge in [-0.1, -0.05) is 66.2 Å². The van der Waals surface area contributed by atoms with Crippen LogP contribution >= 0.6 is 11.6 Å². The van der Waals surface area contributed by atoms with Gasteiger partial charge in [0.25, 0.3) is 5.91 Å². The third-order valence-corrected chi connectivity index (χ3v) is 5.38. The Labute approximate surface area is 178 Å². The van der Waals surface area contributed by atoms with Crippen molar-refractivity contribution in [2.45, 2.75) is 12.6 Å². The molecule has 0 unspecified atom stereocenters. The van der Waals surface area contributed by atoms with Crippen LogP contribution in [0.3, 0.4) is 0 Å².